The van der Waals surface area contributed by atoms with Crippen LogP contribution in [0.2, 0.25) is 10.0 Å². The molecule has 2 rings (SSSR count). The summed E-state index contributed by atoms with van der Waals surface area (Å²) in [6, 6.07) is 8.00. The topological polar surface area (TPSA) is 57.2 Å². The third-order valence-electron chi connectivity index (χ3n) is 2.50. The minimum Gasteiger partial charge on any atom is -0.492 e. The molecule has 0 aliphatic carbocycles. The van der Waals surface area contributed by atoms with Crippen LogP contribution in [0.5, 0.6) is 5.75 Å². The zero-order valence-corrected chi connectivity index (χ0v) is 11.5. The Morgan fingerprint density at radius 2 is 1.95 bits per heavy atom. The molecule has 6 heteroatoms. The van der Waals surface area contributed by atoms with Gasteiger partial charge in [-0.25, -0.2) is 0 Å². The summed E-state index contributed by atoms with van der Waals surface area (Å²) < 4.78 is 6.99. The fourth-order valence-corrected chi connectivity index (χ4v) is 1.84. The highest BCUT2D eigenvalue weighted by atomic mass is 35.5. The lowest BCUT2D eigenvalue weighted by molar-refractivity contribution is 0.296. The second-order valence-electron chi connectivity index (χ2n) is 3.92. The minimum absolute atomic E-state index is 0.119. The number of hydrogen-bond donors (Lipinski definition) is 1. The normalized spacial score (nSPS) is 10.4. The predicted octanol–water partition coefficient (Wildman–Crippen LogP) is 2.82. The summed E-state index contributed by atoms with van der Waals surface area (Å²) >= 11 is 11.7. The molecule has 0 unspecified atom stereocenters. The van der Waals surface area contributed by atoms with Crippen LogP contribution in [0.1, 0.15) is 0 Å². The van der Waals surface area contributed by atoms with Gasteiger partial charge in [-0.15, -0.1) is 0 Å². The molecule has 0 fully saturated rings. The van der Waals surface area contributed by atoms with Gasteiger partial charge in [-0.05, 0) is 18.2 Å². The molecule has 4 nitrogen and oxygen atoms in total. The predicted molar refractivity (Wildman–Crippen MR) is 77.1 cm³/mol. The van der Waals surface area contributed by atoms with Gasteiger partial charge in [0, 0.05) is 24.0 Å². The molecule has 0 radical (unpaired) electrons. The number of benzene rings is 1. The number of nitrogen functional groups attached to an aromatic ring is 1. The Balaban J connectivity index is 1.98. The van der Waals surface area contributed by atoms with Crippen molar-refractivity contribution in [3.8, 4) is 5.75 Å². The van der Waals surface area contributed by atoms with E-state index in [0.29, 0.717) is 34.6 Å². The molecule has 0 amide bonds. The lowest BCUT2D eigenvalue weighted by atomic mass is 10.3. The van der Waals surface area contributed by atoms with Gasteiger partial charge in [0.2, 0.25) is 0 Å². The summed E-state index contributed by atoms with van der Waals surface area (Å²) in [6.07, 6.45) is 1.58. The molecule has 1 heterocycles. The maximum atomic E-state index is 11.5. The van der Waals surface area contributed by atoms with Crippen molar-refractivity contribution in [3.05, 3.63) is 56.9 Å². The largest absolute Gasteiger partial charge is 0.492 e. The van der Waals surface area contributed by atoms with E-state index < -0.39 is 0 Å². The molecule has 19 heavy (non-hydrogen) atoms. The maximum absolute atomic E-state index is 11.5. The summed E-state index contributed by atoms with van der Waals surface area (Å²) in [5.74, 6) is 0.603. The van der Waals surface area contributed by atoms with E-state index in [4.69, 9.17) is 33.7 Å². The lowest BCUT2D eigenvalue weighted by Gasteiger charge is -2.09. The Morgan fingerprint density at radius 3 is 2.68 bits per heavy atom. The molecule has 2 aromatic rings. The second-order valence-corrected chi connectivity index (χ2v) is 4.73. The number of halogens is 2. The van der Waals surface area contributed by atoms with Crippen LogP contribution >= 0.6 is 23.2 Å². The van der Waals surface area contributed by atoms with Crippen LogP contribution < -0.4 is 16.0 Å². The van der Waals surface area contributed by atoms with Crippen molar-refractivity contribution in [2.45, 2.75) is 6.54 Å². The zero-order valence-electron chi connectivity index (χ0n) is 9.98. The van der Waals surface area contributed by atoms with E-state index in [1.54, 1.807) is 30.5 Å². The zero-order chi connectivity index (χ0) is 13.8. The molecule has 0 aliphatic rings. The standard InChI is InChI=1S/C13H12Cl2N2O2/c14-11-3-2-10(7-12(11)15)19-6-5-17-8-9(16)1-4-13(17)18/h1-4,7-8H,5-6,16H2. The Hall–Kier alpha value is -1.65. The van der Waals surface area contributed by atoms with Crippen molar-refractivity contribution in [2.24, 2.45) is 0 Å². The summed E-state index contributed by atoms with van der Waals surface area (Å²) in [7, 11) is 0. The van der Waals surface area contributed by atoms with Crippen LogP contribution in [0.3, 0.4) is 0 Å². The summed E-state index contributed by atoms with van der Waals surface area (Å²) in [4.78, 5) is 11.5. The molecule has 1 aromatic carbocycles. The lowest BCUT2D eigenvalue weighted by Crippen LogP contribution is -2.22. The van der Waals surface area contributed by atoms with Crippen molar-refractivity contribution < 1.29 is 4.74 Å². The molecule has 0 aliphatic heterocycles. The highest BCUT2D eigenvalue weighted by Crippen LogP contribution is 2.26. The van der Waals surface area contributed by atoms with Crippen molar-refractivity contribution in [1.82, 2.24) is 4.57 Å². The first-order valence-electron chi connectivity index (χ1n) is 5.60. The number of nitrogens with two attached hydrogens (primary N) is 1. The van der Waals surface area contributed by atoms with Gasteiger partial charge < -0.3 is 15.0 Å². The number of pyridine rings is 1. The fraction of sp³-hybridized carbons (Fsp3) is 0.154. The van der Waals surface area contributed by atoms with Gasteiger partial charge in [0.1, 0.15) is 12.4 Å². The second kappa shape index (κ2) is 5.99. The van der Waals surface area contributed by atoms with Gasteiger partial charge >= 0.3 is 0 Å². The maximum Gasteiger partial charge on any atom is 0.250 e. The molecule has 100 valence electrons. The monoisotopic (exact) mass is 298 g/mol. The van der Waals surface area contributed by atoms with Crippen molar-refractivity contribution in [3.63, 3.8) is 0 Å². The minimum atomic E-state index is -0.119. The van der Waals surface area contributed by atoms with E-state index in [1.165, 1.54) is 10.6 Å². The van der Waals surface area contributed by atoms with Crippen LogP contribution in [0.15, 0.2) is 41.3 Å². The SMILES string of the molecule is Nc1ccc(=O)n(CCOc2ccc(Cl)c(Cl)c2)c1. The molecule has 0 spiro atoms. The van der Waals surface area contributed by atoms with Gasteiger partial charge in [-0.2, -0.15) is 0 Å². The van der Waals surface area contributed by atoms with Gasteiger partial charge in [0.25, 0.3) is 5.56 Å². The summed E-state index contributed by atoms with van der Waals surface area (Å²) in [5.41, 5.74) is 6.03. The molecular formula is C13H12Cl2N2O2. The van der Waals surface area contributed by atoms with E-state index in [2.05, 4.69) is 0 Å². The Labute approximate surface area is 120 Å². The van der Waals surface area contributed by atoms with Crippen molar-refractivity contribution >= 4 is 28.9 Å². The van der Waals surface area contributed by atoms with Crippen LogP contribution in [0.25, 0.3) is 0 Å². The first-order chi connectivity index (χ1) is 9.06. The van der Waals surface area contributed by atoms with Crippen LogP contribution in [-0.2, 0) is 6.54 Å². The van der Waals surface area contributed by atoms with E-state index >= 15 is 0 Å². The molecule has 2 N–H and O–H groups in total. The van der Waals surface area contributed by atoms with Gasteiger partial charge in [0.05, 0.1) is 16.6 Å². The fourth-order valence-electron chi connectivity index (χ4n) is 1.55. The molecular weight excluding hydrogens is 287 g/mol. The highest BCUT2D eigenvalue weighted by Gasteiger charge is 2.01. The third kappa shape index (κ3) is 3.66. The van der Waals surface area contributed by atoms with Crippen LogP contribution in [0, 0.1) is 0 Å². The summed E-state index contributed by atoms with van der Waals surface area (Å²) in [5, 5.41) is 0.904. The number of nitrogens with zero attached hydrogens (tertiary/aromatic N) is 1. The average molecular weight is 299 g/mol. The first kappa shape index (κ1) is 13.8. The number of aromatic nitrogens is 1. The number of hydrogen-bond acceptors (Lipinski definition) is 3. The number of rotatable bonds is 4. The molecule has 0 bridgehead atoms. The van der Waals surface area contributed by atoms with Gasteiger partial charge in [-0.1, -0.05) is 23.2 Å². The van der Waals surface area contributed by atoms with Crippen LogP contribution in [0.4, 0.5) is 5.69 Å². The number of anilines is 1. The molecule has 0 saturated carbocycles. The van der Waals surface area contributed by atoms with E-state index in [1.807, 2.05) is 0 Å². The van der Waals surface area contributed by atoms with Gasteiger partial charge in [-0.3, -0.25) is 4.79 Å². The summed E-state index contributed by atoms with van der Waals surface area (Å²) in [6.45, 7) is 0.742. The van der Waals surface area contributed by atoms with Gasteiger partial charge in [0.15, 0.2) is 0 Å². The Kier molecular flexibility index (Phi) is 4.35. The molecule has 0 atom stereocenters. The average Bonchev–Trinajstić information content (AvgIpc) is 2.38. The molecule has 1 aromatic heterocycles. The quantitative estimate of drug-likeness (QED) is 0.944. The highest BCUT2D eigenvalue weighted by molar-refractivity contribution is 6.42. The van der Waals surface area contributed by atoms with E-state index in [-0.39, 0.29) is 5.56 Å². The Morgan fingerprint density at radius 1 is 1.16 bits per heavy atom. The number of ether oxygens (including phenoxy) is 1. The van der Waals surface area contributed by atoms with Crippen molar-refractivity contribution in [1.29, 1.82) is 0 Å². The van der Waals surface area contributed by atoms with Crippen molar-refractivity contribution in [2.75, 3.05) is 12.3 Å². The Bertz CT molecular complexity index is 641. The smallest absolute Gasteiger partial charge is 0.250 e. The molecule has 0 saturated heterocycles. The van der Waals surface area contributed by atoms with E-state index in [9.17, 15) is 4.79 Å². The first-order valence-corrected chi connectivity index (χ1v) is 6.35. The van der Waals surface area contributed by atoms with Crippen LogP contribution in [-0.4, -0.2) is 11.2 Å². The van der Waals surface area contributed by atoms with E-state index in [0.717, 1.165) is 0 Å². The third-order valence-corrected chi connectivity index (χ3v) is 3.24.